The van der Waals surface area contributed by atoms with E-state index < -0.39 is 0 Å². The molecule has 0 amide bonds. The van der Waals surface area contributed by atoms with E-state index in [1.54, 1.807) is 0 Å². The summed E-state index contributed by atoms with van der Waals surface area (Å²) in [7, 11) is -0.0909. The minimum atomic E-state index is -0.0454. The second kappa shape index (κ2) is 6.71. The quantitative estimate of drug-likeness (QED) is 0.325. The SMILES string of the molecule is c1ccc([S+]2c3ccccc3[S+](c3ccccc3)c3ccccc32)cc1. The van der Waals surface area contributed by atoms with E-state index in [1.807, 2.05) is 0 Å². The third-order valence-electron chi connectivity index (χ3n) is 4.54. The lowest BCUT2D eigenvalue weighted by Crippen LogP contribution is -2.20. The van der Waals surface area contributed by atoms with Gasteiger partial charge >= 0.3 is 0 Å². The van der Waals surface area contributed by atoms with E-state index in [0.717, 1.165) is 0 Å². The van der Waals surface area contributed by atoms with Gasteiger partial charge in [-0.2, -0.15) is 0 Å². The number of rotatable bonds is 2. The van der Waals surface area contributed by atoms with E-state index in [9.17, 15) is 0 Å². The molecule has 0 aromatic heterocycles. The fourth-order valence-corrected chi connectivity index (χ4v) is 8.72. The van der Waals surface area contributed by atoms with Crippen molar-refractivity contribution in [1.82, 2.24) is 0 Å². The van der Waals surface area contributed by atoms with Crippen LogP contribution in [0.25, 0.3) is 0 Å². The molecule has 0 spiro atoms. The second-order valence-electron chi connectivity index (χ2n) is 6.13. The van der Waals surface area contributed by atoms with Gasteiger partial charge in [0.15, 0.2) is 9.79 Å². The van der Waals surface area contributed by atoms with Crippen LogP contribution in [0.15, 0.2) is 139 Å². The molecule has 1 aliphatic heterocycles. The first kappa shape index (κ1) is 15.8. The third kappa shape index (κ3) is 2.57. The molecule has 0 nitrogen and oxygen atoms in total. The molecule has 0 atom stereocenters. The average Bonchev–Trinajstić information content (AvgIpc) is 2.73. The normalized spacial score (nSPS) is 18.0. The predicted molar refractivity (Wildman–Crippen MR) is 110 cm³/mol. The zero-order valence-electron chi connectivity index (χ0n) is 14.2. The Morgan fingerprint density at radius 1 is 0.308 bits per heavy atom. The van der Waals surface area contributed by atoms with Crippen molar-refractivity contribution < 1.29 is 0 Å². The highest BCUT2D eigenvalue weighted by atomic mass is 32.2. The summed E-state index contributed by atoms with van der Waals surface area (Å²) >= 11 is 0. The molecule has 0 aliphatic carbocycles. The summed E-state index contributed by atoms with van der Waals surface area (Å²) in [6.07, 6.45) is 0. The van der Waals surface area contributed by atoms with Gasteiger partial charge in [0.1, 0.15) is 21.8 Å². The van der Waals surface area contributed by atoms with Gasteiger partial charge in [0.25, 0.3) is 0 Å². The van der Waals surface area contributed by atoms with Gasteiger partial charge in [0.05, 0.1) is 0 Å². The van der Waals surface area contributed by atoms with E-state index in [2.05, 4.69) is 109 Å². The van der Waals surface area contributed by atoms with Crippen molar-refractivity contribution in [3.05, 3.63) is 109 Å². The van der Waals surface area contributed by atoms with Crippen LogP contribution in [-0.2, 0) is 21.8 Å². The van der Waals surface area contributed by atoms with Gasteiger partial charge in [-0.25, -0.2) is 0 Å². The molecule has 1 heterocycles. The van der Waals surface area contributed by atoms with E-state index >= 15 is 0 Å². The third-order valence-corrected chi connectivity index (χ3v) is 9.46. The van der Waals surface area contributed by atoms with Crippen molar-refractivity contribution >= 4 is 21.8 Å². The van der Waals surface area contributed by atoms with Gasteiger partial charge in [-0.15, -0.1) is 0 Å². The van der Waals surface area contributed by atoms with Crippen LogP contribution < -0.4 is 0 Å². The molecule has 1 aliphatic rings. The van der Waals surface area contributed by atoms with Gasteiger partial charge in [-0.1, -0.05) is 60.7 Å². The topological polar surface area (TPSA) is 0 Å². The standard InChI is InChI=1S/C24H18S2/c1-3-11-19(12-4-1)25-21-15-7-9-17-23(21)26(20-13-5-2-6-14-20)24-18-10-8-16-22(24)25/h1-18H/q+2. The predicted octanol–water partition coefficient (Wildman–Crippen LogP) is 6.19. The largest absolute Gasteiger partial charge is 0.222 e. The van der Waals surface area contributed by atoms with Gasteiger partial charge in [-0.05, 0) is 48.5 Å². The Kier molecular flexibility index (Phi) is 4.08. The molecule has 124 valence electrons. The summed E-state index contributed by atoms with van der Waals surface area (Å²) in [5.41, 5.74) is 0. The average molecular weight is 371 g/mol. The summed E-state index contributed by atoms with van der Waals surface area (Å²) < 4.78 is 0. The first-order valence-corrected chi connectivity index (χ1v) is 11.2. The molecule has 0 radical (unpaired) electrons. The monoisotopic (exact) mass is 370 g/mol. The zero-order chi connectivity index (χ0) is 17.3. The molecule has 0 unspecified atom stereocenters. The summed E-state index contributed by atoms with van der Waals surface area (Å²) in [5.74, 6) is 0. The maximum absolute atomic E-state index is 2.32. The van der Waals surface area contributed by atoms with E-state index in [-0.39, 0.29) is 21.8 Å². The highest BCUT2D eigenvalue weighted by Gasteiger charge is 2.49. The number of hydrogen-bond acceptors (Lipinski definition) is 0. The lowest BCUT2D eigenvalue weighted by molar-refractivity contribution is 1.09. The van der Waals surface area contributed by atoms with Crippen molar-refractivity contribution in [3.63, 3.8) is 0 Å². The van der Waals surface area contributed by atoms with Gasteiger partial charge < -0.3 is 0 Å². The molecule has 0 saturated heterocycles. The van der Waals surface area contributed by atoms with Crippen LogP contribution in [0.1, 0.15) is 0 Å². The van der Waals surface area contributed by atoms with Crippen LogP contribution in [0.5, 0.6) is 0 Å². The summed E-state index contributed by atoms with van der Waals surface area (Å²) in [4.78, 5) is 8.63. The Morgan fingerprint density at radius 3 is 0.885 bits per heavy atom. The van der Waals surface area contributed by atoms with Gasteiger partial charge in [-0.3, -0.25) is 0 Å². The molecule has 26 heavy (non-hydrogen) atoms. The van der Waals surface area contributed by atoms with Crippen molar-refractivity contribution in [2.75, 3.05) is 0 Å². The number of hydrogen-bond donors (Lipinski definition) is 0. The Bertz CT molecular complexity index is 909. The Morgan fingerprint density at radius 2 is 0.577 bits per heavy atom. The lowest BCUT2D eigenvalue weighted by Gasteiger charge is -2.19. The Labute approximate surface area is 160 Å². The van der Waals surface area contributed by atoms with Crippen LogP contribution in [0.4, 0.5) is 0 Å². The second-order valence-corrected chi connectivity index (χ2v) is 10.1. The fraction of sp³-hybridized carbons (Fsp3) is 0. The van der Waals surface area contributed by atoms with Crippen LogP contribution in [0, 0.1) is 0 Å². The summed E-state index contributed by atoms with van der Waals surface area (Å²) in [6.45, 7) is 0. The first-order chi connectivity index (χ1) is 12.9. The molecule has 4 aromatic carbocycles. The van der Waals surface area contributed by atoms with Crippen molar-refractivity contribution in [1.29, 1.82) is 0 Å². The maximum Gasteiger partial charge on any atom is 0.222 e. The molecule has 0 fully saturated rings. The lowest BCUT2D eigenvalue weighted by atomic mass is 10.3. The summed E-state index contributed by atoms with van der Waals surface area (Å²) in [5, 5.41) is 0. The maximum atomic E-state index is 2.32. The van der Waals surface area contributed by atoms with Crippen LogP contribution in [0.3, 0.4) is 0 Å². The Hall–Kier alpha value is -2.42. The molecule has 2 heteroatoms. The van der Waals surface area contributed by atoms with Crippen LogP contribution >= 0.6 is 0 Å². The number of benzene rings is 4. The molecular weight excluding hydrogens is 352 g/mol. The minimum Gasteiger partial charge on any atom is -0.0619 e. The smallest absolute Gasteiger partial charge is 0.0619 e. The van der Waals surface area contributed by atoms with Crippen molar-refractivity contribution in [2.45, 2.75) is 29.4 Å². The molecule has 4 aromatic rings. The number of fused-ring (bicyclic) bond motifs is 2. The van der Waals surface area contributed by atoms with E-state index in [1.165, 1.54) is 29.4 Å². The molecule has 0 bridgehead atoms. The highest BCUT2D eigenvalue weighted by molar-refractivity contribution is 8.02. The van der Waals surface area contributed by atoms with E-state index in [4.69, 9.17) is 0 Å². The highest BCUT2D eigenvalue weighted by Crippen LogP contribution is 2.47. The molecule has 0 saturated carbocycles. The molecule has 5 rings (SSSR count). The summed E-state index contributed by atoms with van der Waals surface area (Å²) in [6, 6.07) is 39.9. The van der Waals surface area contributed by atoms with Gasteiger partial charge in [0, 0.05) is 0 Å². The molecule has 0 N–H and O–H groups in total. The zero-order valence-corrected chi connectivity index (χ0v) is 15.8. The first-order valence-electron chi connectivity index (χ1n) is 8.70. The Balaban J connectivity index is 1.80. The van der Waals surface area contributed by atoms with Crippen LogP contribution in [-0.4, -0.2) is 0 Å². The van der Waals surface area contributed by atoms with Crippen molar-refractivity contribution in [3.8, 4) is 0 Å². The molecular formula is C24H18S2+2. The fourth-order valence-electron chi connectivity index (χ4n) is 3.43. The van der Waals surface area contributed by atoms with E-state index in [0.29, 0.717) is 0 Å². The van der Waals surface area contributed by atoms with Crippen molar-refractivity contribution in [2.24, 2.45) is 0 Å². The van der Waals surface area contributed by atoms with Crippen LogP contribution in [0.2, 0.25) is 0 Å². The van der Waals surface area contributed by atoms with Gasteiger partial charge in [0.2, 0.25) is 19.6 Å². The minimum absolute atomic E-state index is 0.0454.